The fourth-order valence-corrected chi connectivity index (χ4v) is 4.43. The summed E-state index contributed by atoms with van der Waals surface area (Å²) < 4.78 is 37.6. The number of sulfonamides is 1. The first-order valence-electron chi connectivity index (χ1n) is 8.39. The van der Waals surface area contributed by atoms with Crippen LogP contribution in [0.4, 0.5) is 0 Å². The second-order valence-corrected chi connectivity index (χ2v) is 8.30. The topological polar surface area (TPSA) is 79.4 Å². The molecule has 0 aliphatic carbocycles. The Morgan fingerprint density at radius 3 is 2.15 bits per heavy atom. The second-order valence-electron chi connectivity index (χ2n) is 6.37. The highest BCUT2D eigenvalue weighted by Crippen LogP contribution is 2.31. The maximum Gasteiger partial charge on any atom is 0.243 e. The highest BCUT2D eigenvalue weighted by molar-refractivity contribution is 7.89. The van der Waals surface area contributed by atoms with E-state index in [4.69, 9.17) is 9.47 Å². The molecule has 8 nitrogen and oxygen atoms in total. The van der Waals surface area contributed by atoms with Gasteiger partial charge in [-0.05, 0) is 19.1 Å². The van der Waals surface area contributed by atoms with Crippen LogP contribution in [0.2, 0.25) is 0 Å². The number of nitrogens with zero attached hydrogens (tertiary/aromatic N) is 3. The van der Waals surface area contributed by atoms with Crippen molar-refractivity contribution in [3.05, 3.63) is 18.2 Å². The maximum absolute atomic E-state index is 12.9. The third-order valence-electron chi connectivity index (χ3n) is 4.61. The summed E-state index contributed by atoms with van der Waals surface area (Å²) in [6.45, 7) is 3.53. The van der Waals surface area contributed by atoms with Crippen molar-refractivity contribution in [2.75, 3.05) is 54.5 Å². The summed E-state index contributed by atoms with van der Waals surface area (Å²) in [4.78, 5) is 15.8. The predicted octanol–water partition coefficient (Wildman–Crippen LogP) is 0.487. The molecule has 0 radical (unpaired) electrons. The molecule has 1 atom stereocenters. The number of rotatable bonds is 6. The number of benzene rings is 1. The average molecular weight is 385 g/mol. The van der Waals surface area contributed by atoms with E-state index in [1.807, 2.05) is 11.8 Å². The lowest BCUT2D eigenvalue weighted by atomic mass is 10.2. The maximum atomic E-state index is 12.9. The van der Waals surface area contributed by atoms with Crippen LogP contribution in [0.1, 0.15) is 6.92 Å². The van der Waals surface area contributed by atoms with Crippen molar-refractivity contribution < 1.29 is 22.7 Å². The van der Waals surface area contributed by atoms with Crippen molar-refractivity contribution in [3.63, 3.8) is 0 Å². The van der Waals surface area contributed by atoms with Crippen molar-refractivity contribution in [3.8, 4) is 11.5 Å². The minimum Gasteiger partial charge on any atom is -0.493 e. The molecule has 1 aliphatic rings. The van der Waals surface area contributed by atoms with E-state index in [2.05, 4.69) is 0 Å². The molecule has 1 aromatic rings. The van der Waals surface area contributed by atoms with Crippen molar-refractivity contribution in [2.45, 2.75) is 17.9 Å². The van der Waals surface area contributed by atoms with Gasteiger partial charge in [0.25, 0.3) is 0 Å². The normalized spacial score (nSPS) is 17.6. The van der Waals surface area contributed by atoms with Crippen LogP contribution in [0.3, 0.4) is 0 Å². The Morgan fingerprint density at radius 1 is 1.08 bits per heavy atom. The zero-order chi connectivity index (χ0) is 19.5. The zero-order valence-electron chi connectivity index (χ0n) is 15.9. The van der Waals surface area contributed by atoms with Gasteiger partial charge in [0.15, 0.2) is 11.5 Å². The number of carbonyl (C=O) groups excluding carboxylic acids is 1. The number of methoxy groups -OCH3 is 2. The first kappa shape index (κ1) is 20.5. The molecule has 0 aromatic heterocycles. The molecule has 0 unspecified atom stereocenters. The molecule has 2 rings (SSSR count). The van der Waals surface area contributed by atoms with Gasteiger partial charge in [0.1, 0.15) is 0 Å². The molecule has 1 amide bonds. The number of likely N-dealkylation sites (N-methyl/N-ethyl adjacent to an activating group) is 1. The van der Waals surface area contributed by atoms with Crippen LogP contribution in [0.15, 0.2) is 23.1 Å². The largest absolute Gasteiger partial charge is 0.493 e. The molecule has 1 fully saturated rings. The molecule has 1 aromatic carbocycles. The van der Waals surface area contributed by atoms with Crippen LogP contribution in [0.5, 0.6) is 11.5 Å². The zero-order valence-corrected chi connectivity index (χ0v) is 16.7. The molecule has 0 N–H and O–H groups in total. The smallest absolute Gasteiger partial charge is 0.243 e. The van der Waals surface area contributed by atoms with Gasteiger partial charge in [-0.2, -0.15) is 4.31 Å². The summed E-state index contributed by atoms with van der Waals surface area (Å²) in [5.74, 6) is 0.867. The van der Waals surface area contributed by atoms with Crippen LogP contribution >= 0.6 is 0 Å². The van der Waals surface area contributed by atoms with E-state index in [1.165, 1.54) is 30.7 Å². The Balaban J connectivity index is 2.12. The standard InChI is InChI=1S/C17H27N3O5S/c1-13(17(21)18(2)3)19-8-10-20(11-9-19)26(22,23)14-6-7-15(24-4)16(12-14)25-5/h6-7,12-13H,8-11H2,1-5H3/t13-/m0/s1. The minimum atomic E-state index is -3.63. The summed E-state index contributed by atoms with van der Waals surface area (Å²) in [6.07, 6.45) is 0. The van der Waals surface area contributed by atoms with E-state index in [0.717, 1.165) is 0 Å². The minimum absolute atomic E-state index is 0.0150. The van der Waals surface area contributed by atoms with E-state index in [-0.39, 0.29) is 16.8 Å². The molecule has 1 heterocycles. The Labute approximate surface area is 155 Å². The highest BCUT2D eigenvalue weighted by atomic mass is 32.2. The SMILES string of the molecule is COc1ccc(S(=O)(=O)N2CCN([C@@H](C)C(=O)N(C)C)CC2)cc1OC. The van der Waals surface area contributed by atoms with Gasteiger partial charge in [-0.15, -0.1) is 0 Å². The Morgan fingerprint density at radius 2 is 1.65 bits per heavy atom. The summed E-state index contributed by atoms with van der Waals surface area (Å²) in [7, 11) is 2.78. The summed E-state index contributed by atoms with van der Waals surface area (Å²) >= 11 is 0. The van der Waals surface area contributed by atoms with Gasteiger partial charge >= 0.3 is 0 Å². The van der Waals surface area contributed by atoms with Gasteiger partial charge < -0.3 is 14.4 Å². The number of ether oxygens (including phenoxy) is 2. The van der Waals surface area contributed by atoms with E-state index in [1.54, 1.807) is 25.1 Å². The van der Waals surface area contributed by atoms with Gasteiger partial charge in [0, 0.05) is 46.3 Å². The quantitative estimate of drug-likeness (QED) is 0.709. The van der Waals surface area contributed by atoms with Crippen molar-refractivity contribution in [1.29, 1.82) is 0 Å². The second kappa shape index (κ2) is 8.24. The summed E-state index contributed by atoms with van der Waals surface area (Å²) in [5, 5.41) is 0. The van der Waals surface area contributed by atoms with E-state index >= 15 is 0 Å². The van der Waals surface area contributed by atoms with Gasteiger partial charge in [-0.25, -0.2) is 8.42 Å². The number of hydrogen-bond acceptors (Lipinski definition) is 6. The van der Waals surface area contributed by atoms with Gasteiger partial charge in [0.2, 0.25) is 15.9 Å². The van der Waals surface area contributed by atoms with Gasteiger partial charge in [0.05, 0.1) is 25.2 Å². The van der Waals surface area contributed by atoms with Crippen LogP contribution < -0.4 is 9.47 Å². The molecular weight excluding hydrogens is 358 g/mol. The highest BCUT2D eigenvalue weighted by Gasteiger charge is 2.32. The molecule has 0 spiro atoms. The van der Waals surface area contributed by atoms with Crippen LogP contribution in [0, 0.1) is 0 Å². The summed E-state index contributed by atoms with van der Waals surface area (Å²) in [5.41, 5.74) is 0. The molecule has 1 aliphatic heterocycles. The Kier molecular flexibility index (Phi) is 6.48. The fourth-order valence-electron chi connectivity index (χ4n) is 2.99. The lowest BCUT2D eigenvalue weighted by Crippen LogP contribution is -2.54. The first-order chi connectivity index (χ1) is 12.2. The lowest BCUT2D eigenvalue weighted by Gasteiger charge is -2.37. The molecule has 9 heteroatoms. The third-order valence-corrected chi connectivity index (χ3v) is 6.51. The third kappa shape index (κ3) is 4.11. The number of carbonyl (C=O) groups is 1. The average Bonchev–Trinajstić information content (AvgIpc) is 2.66. The molecule has 0 bridgehead atoms. The van der Waals surface area contributed by atoms with Gasteiger partial charge in [-0.3, -0.25) is 9.69 Å². The fraction of sp³-hybridized carbons (Fsp3) is 0.588. The number of piperazine rings is 1. The summed E-state index contributed by atoms with van der Waals surface area (Å²) in [6, 6.07) is 4.30. The van der Waals surface area contributed by atoms with Crippen molar-refractivity contribution >= 4 is 15.9 Å². The molecule has 1 saturated heterocycles. The van der Waals surface area contributed by atoms with Gasteiger partial charge in [-0.1, -0.05) is 0 Å². The predicted molar refractivity (Wildman–Crippen MR) is 98.0 cm³/mol. The van der Waals surface area contributed by atoms with Crippen LogP contribution in [0.25, 0.3) is 0 Å². The van der Waals surface area contributed by atoms with Crippen molar-refractivity contribution in [1.82, 2.24) is 14.1 Å². The van der Waals surface area contributed by atoms with E-state index < -0.39 is 10.0 Å². The van der Waals surface area contributed by atoms with Crippen LogP contribution in [-0.4, -0.2) is 89.0 Å². The lowest BCUT2D eigenvalue weighted by molar-refractivity contribution is -0.134. The molecule has 26 heavy (non-hydrogen) atoms. The number of amides is 1. The molecule has 0 saturated carbocycles. The van der Waals surface area contributed by atoms with Crippen LogP contribution in [-0.2, 0) is 14.8 Å². The van der Waals surface area contributed by atoms with Crippen molar-refractivity contribution in [2.24, 2.45) is 0 Å². The van der Waals surface area contributed by atoms with E-state index in [9.17, 15) is 13.2 Å². The number of hydrogen-bond donors (Lipinski definition) is 0. The first-order valence-corrected chi connectivity index (χ1v) is 9.83. The molecule has 146 valence electrons. The Hall–Kier alpha value is -1.84. The monoisotopic (exact) mass is 385 g/mol. The van der Waals surface area contributed by atoms with E-state index in [0.29, 0.717) is 37.7 Å². The Bertz CT molecular complexity index is 743. The molecular formula is C17H27N3O5S.